The summed E-state index contributed by atoms with van der Waals surface area (Å²) in [5.74, 6) is -0.509. The standard InChI is InChI=1S/C12H8Cl3NO2/c1-5-3-6(12(17)18-2)9-10(15)7(13)4-8(14)11(9)16-5/h3-4H,1-2H3. The Morgan fingerprint density at radius 2 is 1.89 bits per heavy atom. The van der Waals surface area contributed by atoms with E-state index in [-0.39, 0.29) is 10.0 Å². The van der Waals surface area contributed by atoms with Crippen molar-refractivity contribution in [3.8, 4) is 0 Å². The number of methoxy groups -OCH3 is 1. The minimum absolute atomic E-state index is 0.240. The van der Waals surface area contributed by atoms with Crippen LogP contribution in [0.15, 0.2) is 12.1 Å². The fourth-order valence-electron chi connectivity index (χ4n) is 1.70. The fraction of sp³-hybridized carbons (Fsp3) is 0.167. The van der Waals surface area contributed by atoms with Gasteiger partial charge in [0.2, 0.25) is 0 Å². The molecule has 0 aliphatic carbocycles. The number of benzene rings is 1. The van der Waals surface area contributed by atoms with Crippen molar-refractivity contribution in [2.75, 3.05) is 7.11 Å². The minimum atomic E-state index is -0.509. The zero-order valence-electron chi connectivity index (χ0n) is 9.55. The number of hydrogen-bond acceptors (Lipinski definition) is 3. The largest absolute Gasteiger partial charge is 0.465 e. The van der Waals surface area contributed by atoms with Crippen molar-refractivity contribution in [2.45, 2.75) is 6.92 Å². The molecule has 3 nitrogen and oxygen atoms in total. The molecular formula is C12H8Cl3NO2. The zero-order chi connectivity index (χ0) is 13.4. The van der Waals surface area contributed by atoms with Gasteiger partial charge in [-0.3, -0.25) is 4.98 Å². The van der Waals surface area contributed by atoms with E-state index in [1.807, 2.05) is 0 Å². The third kappa shape index (κ3) is 2.14. The van der Waals surface area contributed by atoms with Crippen molar-refractivity contribution in [1.82, 2.24) is 4.98 Å². The van der Waals surface area contributed by atoms with Crippen molar-refractivity contribution in [2.24, 2.45) is 0 Å². The molecule has 0 N–H and O–H groups in total. The lowest BCUT2D eigenvalue weighted by Crippen LogP contribution is -2.04. The van der Waals surface area contributed by atoms with Gasteiger partial charge in [-0.05, 0) is 19.1 Å². The second-order valence-electron chi connectivity index (χ2n) is 3.68. The third-order valence-electron chi connectivity index (χ3n) is 2.46. The van der Waals surface area contributed by atoms with Gasteiger partial charge in [0.05, 0.1) is 33.3 Å². The Hall–Kier alpha value is -1.03. The van der Waals surface area contributed by atoms with E-state index in [1.54, 1.807) is 13.0 Å². The molecule has 0 amide bonds. The van der Waals surface area contributed by atoms with Crippen LogP contribution in [0.1, 0.15) is 16.1 Å². The van der Waals surface area contributed by atoms with Crippen molar-refractivity contribution < 1.29 is 9.53 Å². The number of carbonyl (C=O) groups is 1. The van der Waals surface area contributed by atoms with E-state index < -0.39 is 5.97 Å². The predicted molar refractivity (Wildman–Crippen MR) is 72.8 cm³/mol. The molecule has 18 heavy (non-hydrogen) atoms. The molecular weight excluding hydrogens is 296 g/mol. The first kappa shape index (κ1) is 13.4. The van der Waals surface area contributed by atoms with Gasteiger partial charge in [0.15, 0.2) is 0 Å². The highest BCUT2D eigenvalue weighted by Crippen LogP contribution is 2.37. The molecule has 1 heterocycles. The summed E-state index contributed by atoms with van der Waals surface area (Å²) in [6.45, 7) is 1.75. The van der Waals surface area contributed by atoms with E-state index in [0.717, 1.165) is 0 Å². The summed E-state index contributed by atoms with van der Waals surface area (Å²) < 4.78 is 4.72. The average Bonchev–Trinajstić information content (AvgIpc) is 2.34. The number of aryl methyl sites for hydroxylation is 1. The second kappa shape index (κ2) is 4.92. The Labute approximate surface area is 119 Å². The molecule has 0 atom stereocenters. The summed E-state index contributed by atoms with van der Waals surface area (Å²) in [5, 5.41) is 1.26. The van der Waals surface area contributed by atoms with Crippen LogP contribution in [-0.2, 0) is 4.74 Å². The maximum Gasteiger partial charge on any atom is 0.338 e. The predicted octanol–water partition coefficient (Wildman–Crippen LogP) is 4.29. The number of aromatic nitrogens is 1. The van der Waals surface area contributed by atoms with Crippen molar-refractivity contribution in [1.29, 1.82) is 0 Å². The lowest BCUT2D eigenvalue weighted by molar-refractivity contribution is 0.0603. The highest BCUT2D eigenvalue weighted by atomic mass is 35.5. The molecule has 0 saturated heterocycles. The Morgan fingerprint density at radius 3 is 2.50 bits per heavy atom. The van der Waals surface area contributed by atoms with Crippen molar-refractivity contribution in [3.63, 3.8) is 0 Å². The Morgan fingerprint density at radius 1 is 1.22 bits per heavy atom. The zero-order valence-corrected chi connectivity index (χ0v) is 11.8. The molecule has 2 aromatic rings. The first-order chi connectivity index (χ1) is 8.45. The van der Waals surface area contributed by atoms with Gasteiger partial charge in [0, 0.05) is 11.1 Å². The highest BCUT2D eigenvalue weighted by Gasteiger charge is 2.19. The summed E-state index contributed by atoms with van der Waals surface area (Å²) >= 11 is 18.1. The molecule has 94 valence electrons. The number of ether oxygens (including phenoxy) is 1. The molecule has 0 bridgehead atoms. The maximum atomic E-state index is 11.8. The monoisotopic (exact) mass is 303 g/mol. The fourth-order valence-corrected chi connectivity index (χ4v) is 2.45. The second-order valence-corrected chi connectivity index (χ2v) is 4.87. The van der Waals surface area contributed by atoms with Crippen LogP contribution in [0.25, 0.3) is 10.9 Å². The van der Waals surface area contributed by atoms with Crippen LogP contribution in [0.3, 0.4) is 0 Å². The van der Waals surface area contributed by atoms with Crippen LogP contribution in [0.5, 0.6) is 0 Å². The molecule has 6 heteroatoms. The minimum Gasteiger partial charge on any atom is -0.465 e. The summed E-state index contributed by atoms with van der Waals surface area (Å²) in [7, 11) is 1.30. The topological polar surface area (TPSA) is 39.2 Å². The van der Waals surface area contributed by atoms with Gasteiger partial charge in [-0.15, -0.1) is 0 Å². The van der Waals surface area contributed by atoms with Gasteiger partial charge in [-0.1, -0.05) is 34.8 Å². The van der Waals surface area contributed by atoms with Gasteiger partial charge in [-0.2, -0.15) is 0 Å². The van der Waals surface area contributed by atoms with Crippen molar-refractivity contribution >= 4 is 51.7 Å². The molecule has 0 unspecified atom stereocenters. The molecule has 0 spiro atoms. The lowest BCUT2D eigenvalue weighted by atomic mass is 10.1. The Balaban J connectivity index is 2.97. The Bertz CT molecular complexity index is 656. The normalized spacial score (nSPS) is 10.7. The van der Waals surface area contributed by atoms with E-state index in [0.29, 0.717) is 27.2 Å². The number of pyridine rings is 1. The lowest BCUT2D eigenvalue weighted by Gasteiger charge is -2.10. The molecule has 0 fully saturated rings. The summed E-state index contributed by atoms with van der Waals surface area (Å²) in [6, 6.07) is 3.09. The number of esters is 1. The Kier molecular flexibility index (Phi) is 3.66. The first-order valence-electron chi connectivity index (χ1n) is 4.99. The van der Waals surface area contributed by atoms with Gasteiger partial charge in [0.25, 0.3) is 0 Å². The quantitative estimate of drug-likeness (QED) is 0.583. The van der Waals surface area contributed by atoms with Crippen LogP contribution in [0.2, 0.25) is 15.1 Å². The van der Waals surface area contributed by atoms with Crippen LogP contribution < -0.4 is 0 Å². The smallest absolute Gasteiger partial charge is 0.338 e. The van der Waals surface area contributed by atoms with E-state index in [4.69, 9.17) is 39.5 Å². The highest BCUT2D eigenvalue weighted by molar-refractivity contribution is 6.48. The van der Waals surface area contributed by atoms with E-state index in [9.17, 15) is 4.79 Å². The van der Waals surface area contributed by atoms with E-state index in [1.165, 1.54) is 13.2 Å². The third-order valence-corrected chi connectivity index (χ3v) is 3.54. The van der Waals surface area contributed by atoms with Crippen LogP contribution >= 0.6 is 34.8 Å². The van der Waals surface area contributed by atoms with E-state index in [2.05, 4.69) is 4.98 Å². The van der Waals surface area contributed by atoms with Crippen LogP contribution in [-0.4, -0.2) is 18.1 Å². The molecule has 0 aliphatic rings. The number of nitrogens with zero attached hydrogens (tertiary/aromatic N) is 1. The van der Waals surface area contributed by atoms with Gasteiger partial charge in [0.1, 0.15) is 0 Å². The number of hydrogen-bond donors (Lipinski definition) is 0. The van der Waals surface area contributed by atoms with Crippen LogP contribution in [0, 0.1) is 6.92 Å². The van der Waals surface area contributed by atoms with Gasteiger partial charge < -0.3 is 4.74 Å². The number of rotatable bonds is 1. The molecule has 0 aliphatic heterocycles. The summed E-state index contributed by atoms with van der Waals surface area (Å²) in [4.78, 5) is 16.0. The van der Waals surface area contributed by atoms with E-state index >= 15 is 0 Å². The van der Waals surface area contributed by atoms with Crippen LogP contribution in [0.4, 0.5) is 0 Å². The number of fused-ring (bicyclic) bond motifs is 1. The molecule has 2 rings (SSSR count). The average molecular weight is 305 g/mol. The van der Waals surface area contributed by atoms with Crippen molar-refractivity contribution in [3.05, 3.63) is 38.5 Å². The molecule has 0 radical (unpaired) electrons. The number of halogens is 3. The van der Waals surface area contributed by atoms with Gasteiger partial charge >= 0.3 is 5.97 Å². The summed E-state index contributed by atoms with van der Waals surface area (Å²) in [5.41, 5.74) is 1.38. The molecule has 0 saturated carbocycles. The van der Waals surface area contributed by atoms with Gasteiger partial charge in [-0.25, -0.2) is 4.79 Å². The first-order valence-corrected chi connectivity index (χ1v) is 6.12. The number of carbonyl (C=O) groups excluding carboxylic acids is 1. The summed E-state index contributed by atoms with van der Waals surface area (Å²) in [6.07, 6.45) is 0. The molecule has 1 aromatic carbocycles. The SMILES string of the molecule is COC(=O)c1cc(C)nc2c(Cl)cc(Cl)c(Cl)c12. The maximum absolute atomic E-state index is 11.8. The molecule has 1 aromatic heterocycles.